The molecular weight excluding hydrogens is 478 g/mol. The zero-order valence-corrected chi connectivity index (χ0v) is 19.0. The van der Waals surface area contributed by atoms with Crippen LogP contribution in [0.3, 0.4) is 0 Å². The topological polar surface area (TPSA) is 84.2 Å². The van der Waals surface area contributed by atoms with Crippen molar-refractivity contribution in [2.24, 2.45) is 0 Å². The summed E-state index contributed by atoms with van der Waals surface area (Å²) in [5.41, 5.74) is 1.13. The van der Waals surface area contributed by atoms with Crippen LogP contribution in [0.1, 0.15) is 12.5 Å². The number of carbonyl (C=O) groups is 1. The Bertz CT molecular complexity index is 906. The van der Waals surface area contributed by atoms with Crippen molar-refractivity contribution in [3.05, 3.63) is 103 Å². The van der Waals surface area contributed by atoms with Crippen LogP contribution in [0.15, 0.2) is 90.5 Å². The number of allylic oxidation sites excluding steroid dienone is 1. The Hall–Kier alpha value is -3.18. The summed E-state index contributed by atoms with van der Waals surface area (Å²) in [6.07, 6.45) is 0. The van der Waals surface area contributed by atoms with E-state index in [2.05, 4.69) is 6.92 Å². The maximum absolute atomic E-state index is 11.4. The second-order valence-electron chi connectivity index (χ2n) is 5.02. The van der Waals surface area contributed by atoms with E-state index in [0.29, 0.717) is 5.57 Å². The quantitative estimate of drug-likeness (QED) is 0.178. The first-order chi connectivity index (χ1) is 14.6. The van der Waals surface area contributed by atoms with Crippen LogP contribution in [0.2, 0.25) is 0 Å². The fourth-order valence-corrected chi connectivity index (χ4v) is 1.86. The molecule has 0 bridgehead atoms. The van der Waals surface area contributed by atoms with E-state index in [1.54, 1.807) is 19.1 Å². The summed E-state index contributed by atoms with van der Waals surface area (Å²) in [4.78, 5) is 32.1. The van der Waals surface area contributed by atoms with E-state index in [4.69, 9.17) is 19.6 Å². The molecular formula is C24H21Fe2NO4-2. The van der Waals surface area contributed by atoms with Gasteiger partial charge in [-0.15, -0.1) is 0 Å². The third-order valence-corrected chi connectivity index (χ3v) is 3.31. The smallest absolute Gasteiger partial charge is 0.479 e. The first-order valence-electron chi connectivity index (χ1n) is 8.65. The number of rotatable bonds is 3. The van der Waals surface area contributed by atoms with E-state index >= 15 is 0 Å². The molecule has 0 heterocycles. The van der Waals surface area contributed by atoms with Gasteiger partial charge in [0.2, 0.25) is 5.97 Å². The van der Waals surface area contributed by atoms with Crippen LogP contribution in [0.25, 0.3) is 5.57 Å². The molecule has 0 saturated carbocycles. The Labute approximate surface area is 198 Å². The zero-order chi connectivity index (χ0) is 22.5. The molecule has 0 fully saturated rings. The van der Waals surface area contributed by atoms with E-state index in [1.807, 2.05) is 78.9 Å². The molecule has 0 spiro atoms. The van der Waals surface area contributed by atoms with E-state index in [0.717, 1.165) is 5.56 Å². The minimum atomic E-state index is -0.619. The van der Waals surface area contributed by atoms with Gasteiger partial charge in [0.1, 0.15) is 0 Å². The summed E-state index contributed by atoms with van der Waals surface area (Å²) in [7, 11) is 0. The predicted octanol–water partition coefficient (Wildman–Crippen LogP) is 4.09. The third kappa shape index (κ3) is 15.3. The van der Waals surface area contributed by atoms with Gasteiger partial charge in [-0.2, -0.15) is 48.5 Å². The molecule has 7 heteroatoms. The Balaban J connectivity index is 0. The second kappa shape index (κ2) is 21.5. The second-order valence-corrected chi connectivity index (χ2v) is 5.74. The SMILES string of the molecule is O=[C]=[Fe]=[C]=O.[CH2-]C(=C(C#N)C(=O)OCC)[c-]1cccc1.[Fe+2].c1cc[cH-]c1.c1cc[cH-]c1. The van der Waals surface area contributed by atoms with Crippen molar-refractivity contribution in [1.82, 2.24) is 0 Å². The average Bonchev–Trinajstić information content (AvgIpc) is 3.56. The molecule has 3 rings (SSSR count). The van der Waals surface area contributed by atoms with Crippen molar-refractivity contribution >= 4 is 21.1 Å². The molecule has 0 aromatic heterocycles. The van der Waals surface area contributed by atoms with Gasteiger partial charge in [0, 0.05) is 0 Å². The van der Waals surface area contributed by atoms with Gasteiger partial charge in [0.05, 0.1) is 6.61 Å². The number of carbonyl (C=O) groups excluding carboxylic acids is 3. The van der Waals surface area contributed by atoms with Crippen molar-refractivity contribution in [3.63, 3.8) is 0 Å². The van der Waals surface area contributed by atoms with Crippen molar-refractivity contribution < 1.29 is 50.3 Å². The van der Waals surface area contributed by atoms with Gasteiger partial charge in [0.15, 0.2) is 0 Å². The maximum atomic E-state index is 11.4. The van der Waals surface area contributed by atoms with Crippen LogP contribution in [-0.4, -0.2) is 22.1 Å². The number of hydrogen-bond acceptors (Lipinski definition) is 5. The monoisotopic (exact) mass is 499 g/mol. The van der Waals surface area contributed by atoms with E-state index in [9.17, 15) is 4.79 Å². The summed E-state index contributed by atoms with van der Waals surface area (Å²) in [5.74, 6) is -0.619. The summed E-state index contributed by atoms with van der Waals surface area (Å²) < 4.78 is 4.75. The molecule has 0 unspecified atom stereocenters. The predicted molar refractivity (Wildman–Crippen MR) is 112 cm³/mol. The van der Waals surface area contributed by atoms with Gasteiger partial charge < -0.3 is 17.2 Å². The van der Waals surface area contributed by atoms with Crippen LogP contribution in [0.5, 0.6) is 0 Å². The first-order valence-corrected chi connectivity index (χ1v) is 9.76. The first kappa shape index (κ1) is 30.0. The minimum Gasteiger partial charge on any atom is -0.479 e. The van der Waals surface area contributed by atoms with E-state index in [1.165, 1.54) is 9.57 Å². The number of ether oxygens (including phenoxy) is 1. The molecule has 0 radical (unpaired) electrons. The molecule has 3 aromatic rings. The normalized spacial score (nSPS) is 8.90. The summed E-state index contributed by atoms with van der Waals surface area (Å²) >= 11 is -0.222. The Morgan fingerprint density at radius 3 is 1.71 bits per heavy atom. The van der Waals surface area contributed by atoms with Crippen LogP contribution in [0, 0.1) is 18.3 Å². The van der Waals surface area contributed by atoms with Crippen molar-refractivity contribution in [3.8, 4) is 6.07 Å². The zero-order valence-electron chi connectivity index (χ0n) is 16.8. The molecule has 0 amide bonds. The molecule has 0 aliphatic carbocycles. The van der Waals surface area contributed by atoms with Crippen LogP contribution in [-0.2, 0) is 50.3 Å². The van der Waals surface area contributed by atoms with Gasteiger partial charge in [-0.3, -0.25) is 4.79 Å². The van der Waals surface area contributed by atoms with E-state index < -0.39 is 5.97 Å². The molecule has 0 aliphatic heterocycles. The van der Waals surface area contributed by atoms with Crippen LogP contribution < -0.4 is 0 Å². The molecule has 5 nitrogen and oxygen atoms in total. The fourth-order valence-electron chi connectivity index (χ4n) is 1.82. The molecule has 0 aliphatic rings. The van der Waals surface area contributed by atoms with Gasteiger partial charge in [0.25, 0.3) is 0 Å². The molecule has 3 aromatic carbocycles. The van der Waals surface area contributed by atoms with Crippen molar-refractivity contribution in [2.45, 2.75) is 6.92 Å². The Kier molecular flexibility index (Phi) is 20.8. The number of esters is 1. The van der Waals surface area contributed by atoms with Crippen LogP contribution >= 0.6 is 0 Å². The molecule has 164 valence electrons. The minimum absolute atomic E-state index is 0. The average molecular weight is 499 g/mol. The third-order valence-electron chi connectivity index (χ3n) is 3.09. The Morgan fingerprint density at radius 2 is 1.45 bits per heavy atom. The Morgan fingerprint density at radius 1 is 1.00 bits per heavy atom. The van der Waals surface area contributed by atoms with Gasteiger partial charge in [-0.1, -0.05) is 17.7 Å². The summed E-state index contributed by atoms with van der Waals surface area (Å²) in [6.45, 7) is 5.65. The molecule has 31 heavy (non-hydrogen) atoms. The van der Waals surface area contributed by atoms with Crippen LogP contribution in [0.4, 0.5) is 0 Å². The van der Waals surface area contributed by atoms with Gasteiger partial charge >= 0.3 is 50.3 Å². The fraction of sp³-hybridized carbons (Fsp3) is 0.0833. The number of nitriles is 1. The number of nitrogens with zero attached hydrogens (tertiary/aromatic N) is 1. The van der Waals surface area contributed by atoms with Gasteiger partial charge in [-0.05, 0) is 13.0 Å². The molecule has 0 atom stereocenters. The molecule has 0 saturated heterocycles. The van der Waals surface area contributed by atoms with Crippen molar-refractivity contribution in [2.75, 3.05) is 6.61 Å². The van der Waals surface area contributed by atoms with Crippen molar-refractivity contribution in [1.29, 1.82) is 5.26 Å². The van der Waals surface area contributed by atoms with Gasteiger partial charge in [-0.25, -0.2) is 35.1 Å². The standard InChI is InChI=1S/C12H11NO2.2C5H5.2CO.2Fe/c1-3-15-12(14)11(8-13)9(2)10-6-4-5-7-10;2*1-2-4-5-3-1;2*1-2;;/h4-7H,2-3H2,1H3;2*1-5H;;;;/q-2;2*-1;;;;+2. The summed E-state index contributed by atoms with van der Waals surface area (Å²) in [5, 5.41) is 8.84. The number of hydrogen-bond donors (Lipinski definition) is 0. The largest absolute Gasteiger partial charge is 2.00 e. The van der Waals surface area contributed by atoms with E-state index in [-0.39, 0.29) is 43.3 Å². The summed E-state index contributed by atoms with van der Waals surface area (Å²) in [6, 6.07) is 29.0. The molecule has 0 N–H and O–H groups in total. The maximum Gasteiger partial charge on any atom is 2.00 e.